The van der Waals surface area contributed by atoms with Crippen molar-refractivity contribution in [2.75, 3.05) is 5.73 Å². The van der Waals surface area contributed by atoms with Crippen molar-refractivity contribution in [2.24, 2.45) is 0 Å². The Morgan fingerprint density at radius 2 is 2.12 bits per heavy atom. The van der Waals surface area contributed by atoms with Gasteiger partial charge in [0.1, 0.15) is 5.82 Å². The molecule has 0 radical (unpaired) electrons. The molecule has 90 valence electrons. The lowest BCUT2D eigenvalue weighted by atomic mass is 9.99. The average Bonchev–Trinajstić information content (AvgIpc) is 2.64. The molecular weight excluding hydrogens is 287 g/mol. The lowest BCUT2D eigenvalue weighted by molar-refractivity contribution is 0.434. The molecule has 3 nitrogen and oxygen atoms in total. The number of hydrogen-bond donors (Lipinski definition) is 1. The number of anilines is 1. The molecule has 2 rings (SSSR count). The largest absolute Gasteiger partial charge is 0.381 e. The van der Waals surface area contributed by atoms with Crippen molar-refractivity contribution in [1.82, 2.24) is 5.16 Å². The van der Waals surface area contributed by atoms with E-state index in [0.717, 1.165) is 11.1 Å². The second kappa shape index (κ2) is 4.49. The number of hydrogen-bond acceptors (Lipinski definition) is 3. The van der Waals surface area contributed by atoms with Crippen molar-refractivity contribution >= 4 is 21.7 Å². The third-order valence-electron chi connectivity index (χ3n) is 2.51. The summed E-state index contributed by atoms with van der Waals surface area (Å²) < 4.78 is 18.8. The summed E-state index contributed by atoms with van der Waals surface area (Å²) in [5, 5.41) is 3.76. The number of benzene rings is 1. The maximum absolute atomic E-state index is 13.2. The van der Waals surface area contributed by atoms with Gasteiger partial charge in [-0.05, 0) is 40.0 Å². The summed E-state index contributed by atoms with van der Waals surface area (Å²) in [4.78, 5) is 0. The molecule has 0 saturated carbocycles. The predicted molar refractivity (Wildman–Crippen MR) is 68.1 cm³/mol. The quantitative estimate of drug-likeness (QED) is 0.913. The Balaban J connectivity index is 2.56. The Labute approximate surface area is 107 Å². The van der Waals surface area contributed by atoms with Gasteiger partial charge in [0, 0.05) is 11.1 Å². The van der Waals surface area contributed by atoms with Crippen LogP contribution < -0.4 is 5.73 Å². The normalized spacial score (nSPS) is 11.1. The van der Waals surface area contributed by atoms with E-state index in [1.165, 1.54) is 6.07 Å². The van der Waals surface area contributed by atoms with Crippen LogP contribution in [-0.4, -0.2) is 5.16 Å². The number of nitrogens with two attached hydrogens (primary N) is 1. The monoisotopic (exact) mass is 298 g/mol. The van der Waals surface area contributed by atoms with E-state index < -0.39 is 0 Å². The fraction of sp³-hybridized carbons (Fsp3) is 0.250. The molecule has 2 N–H and O–H groups in total. The molecule has 1 aromatic heterocycles. The Bertz CT molecular complexity index is 551. The van der Waals surface area contributed by atoms with Gasteiger partial charge in [-0.15, -0.1) is 0 Å². The van der Waals surface area contributed by atoms with Gasteiger partial charge >= 0.3 is 0 Å². The Morgan fingerprint density at radius 3 is 2.71 bits per heavy atom. The van der Waals surface area contributed by atoms with Gasteiger partial charge < -0.3 is 10.3 Å². The molecule has 1 heterocycles. The molecule has 0 unspecified atom stereocenters. The Hall–Kier alpha value is -1.36. The van der Waals surface area contributed by atoms with Crippen LogP contribution in [0.4, 0.5) is 10.2 Å². The lowest BCUT2D eigenvalue weighted by Gasteiger charge is -2.06. The van der Waals surface area contributed by atoms with Crippen LogP contribution in [0.1, 0.15) is 25.3 Å². The van der Waals surface area contributed by atoms with Gasteiger partial charge in [-0.2, -0.15) is 0 Å². The number of rotatable bonds is 2. The third kappa shape index (κ3) is 2.20. The van der Waals surface area contributed by atoms with Gasteiger partial charge in [0.2, 0.25) is 0 Å². The molecule has 0 saturated heterocycles. The maximum Gasteiger partial charge on any atom is 0.172 e. The number of nitrogens with zero attached hydrogens (tertiary/aromatic N) is 1. The van der Waals surface area contributed by atoms with Crippen LogP contribution >= 0.6 is 15.9 Å². The van der Waals surface area contributed by atoms with Crippen molar-refractivity contribution < 1.29 is 8.91 Å². The van der Waals surface area contributed by atoms with Crippen LogP contribution in [0, 0.1) is 5.82 Å². The summed E-state index contributed by atoms with van der Waals surface area (Å²) in [6.07, 6.45) is 0. The van der Waals surface area contributed by atoms with E-state index in [1.54, 1.807) is 12.1 Å². The van der Waals surface area contributed by atoms with Gasteiger partial charge in [-0.25, -0.2) is 4.39 Å². The van der Waals surface area contributed by atoms with Gasteiger partial charge in [0.15, 0.2) is 11.6 Å². The van der Waals surface area contributed by atoms with Crippen LogP contribution in [0.2, 0.25) is 0 Å². The Morgan fingerprint density at radius 1 is 1.41 bits per heavy atom. The molecule has 0 amide bonds. The van der Waals surface area contributed by atoms with Crippen molar-refractivity contribution in [2.45, 2.75) is 19.8 Å². The first-order chi connectivity index (χ1) is 8.00. The van der Waals surface area contributed by atoms with Gasteiger partial charge in [0.25, 0.3) is 0 Å². The van der Waals surface area contributed by atoms with E-state index in [1.807, 2.05) is 13.8 Å². The van der Waals surface area contributed by atoms with Crippen molar-refractivity contribution in [3.05, 3.63) is 34.1 Å². The average molecular weight is 299 g/mol. The zero-order chi connectivity index (χ0) is 12.6. The molecular formula is C12H12BrFN2O. The fourth-order valence-corrected chi connectivity index (χ4v) is 2.09. The van der Waals surface area contributed by atoms with Crippen LogP contribution in [0.3, 0.4) is 0 Å². The minimum atomic E-state index is -0.313. The number of halogens is 2. The predicted octanol–water partition coefficient (Wildman–Crippen LogP) is 3.95. The molecule has 0 spiro atoms. The Kier molecular flexibility index (Phi) is 3.19. The standard InChI is InChI=1S/C12H12BrFN2O/c1-6(2)10-11(17-16-12(10)15)7-3-4-9(14)8(13)5-7/h3-6H,1-2H3,(H2,15,16). The fourth-order valence-electron chi connectivity index (χ4n) is 1.71. The summed E-state index contributed by atoms with van der Waals surface area (Å²) in [6.45, 7) is 4.01. The van der Waals surface area contributed by atoms with Gasteiger partial charge in [-0.3, -0.25) is 0 Å². The maximum atomic E-state index is 13.2. The number of nitrogen functional groups attached to an aromatic ring is 1. The van der Waals surface area contributed by atoms with E-state index in [0.29, 0.717) is 16.1 Å². The minimum absolute atomic E-state index is 0.195. The molecule has 0 atom stereocenters. The summed E-state index contributed by atoms with van der Waals surface area (Å²) in [6, 6.07) is 4.68. The molecule has 0 aliphatic heterocycles. The molecule has 0 bridgehead atoms. The first kappa shape index (κ1) is 12.1. The van der Waals surface area contributed by atoms with E-state index >= 15 is 0 Å². The highest BCUT2D eigenvalue weighted by Gasteiger charge is 2.19. The molecule has 0 aliphatic carbocycles. The minimum Gasteiger partial charge on any atom is -0.381 e. The first-order valence-corrected chi connectivity index (χ1v) is 6.00. The molecule has 2 aromatic rings. The summed E-state index contributed by atoms with van der Waals surface area (Å²) >= 11 is 3.14. The second-order valence-corrected chi connectivity index (χ2v) is 4.95. The topological polar surface area (TPSA) is 52.0 Å². The summed E-state index contributed by atoms with van der Waals surface area (Å²) in [5.41, 5.74) is 7.36. The molecule has 1 aromatic carbocycles. The second-order valence-electron chi connectivity index (χ2n) is 4.09. The zero-order valence-corrected chi connectivity index (χ0v) is 11.1. The number of aromatic nitrogens is 1. The van der Waals surface area contributed by atoms with E-state index in [4.69, 9.17) is 10.3 Å². The highest BCUT2D eigenvalue weighted by Crippen LogP contribution is 2.34. The molecule has 0 aliphatic rings. The van der Waals surface area contributed by atoms with Crippen molar-refractivity contribution in [3.63, 3.8) is 0 Å². The zero-order valence-electron chi connectivity index (χ0n) is 9.50. The lowest BCUT2D eigenvalue weighted by Crippen LogP contribution is -1.95. The summed E-state index contributed by atoms with van der Waals surface area (Å²) in [5.74, 6) is 0.862. The first-order valence-electron chi connectivity index (χ1n) is 5.21. The van der Waals surface area contributed by atoms with Crippen LogP contribution in [0.15, 0.2) is 27.2 Å². The van der Waals surface area contributed by atoms with Crippen LogP contribution in [-0.2, 0) is 0 Å². The molecule has 17 heavy (non-hydrogen) atoms. The molecule has 0 fully saturated rings. The van der Waals surface area contributed by atoms with Crippen LogP contribution in [0.5, 0.6) is 0 Å². The van der Waals surface area contributed by atoms with Gasteiger partial charge in [-0.1, -0.05) is 19.0 Å². The van der Waals surface area contributed by atoms with Crippen molar-refractivity contribution in [3.8, 4) is 11.3 Å². The smallest absolute Gasteiger partial charge is 0.172 e. The van der Waals surface area contributed by atoms with Gasteiger partial charge in [0.05, 0.1) is 4.47 Å². The highest BCUT2D eigenvalue weighted by atomic mass is 79.9. The SMILES string of the molecule is CC(C)c1c(N)noc1-c1ccc(F)c(Br)c1. The van der Waals surface area contributed by atoms with E-state index in [2.05, 4.69) is 21.1 Å². The third-order valence-corrected chi connectivity index (χ3v) is 3.12. The molecule has 5 heteroatoms. The highest BCUT2D eigenvalue weighted by molar-refractivity contribution is 9.10. The van der Waals surface area contributed by atoms with E-state index in [-0.39, 0.29) is 11.7 Å². The van der Waals surface area contributed by atoms with Crippen LogP contribution in [0.25, 0.3) is 11.3 Å². The summed E-state index contributed by atoms with van der Waals surface area (Å²) in [7, 11) is 0. The van der Waals surface area contributed by atoms with Crippen molar-refractivity contribution in [1.29, 1.82) is 0 Å². The van der Waals surface area contributed by atoms with E-state index in [9.17, 15) is 4.39 Å².